The number of amides is 1. The number of anilines is 1. The molecular weight excluding hydrogens is 214 g/mol. The van der Waals surface area contributed by atoms with Crippen molar-refractivity contribution in [3.05, 3.63) is 23.4 Å². The lowest BCUT2D eigenvalue weighted by molar-refractivity contribution is -0.129. The van der Waals surface area contributed by atoms with Crippen molar-refractivity contribution < 1.29 is 4.79 Å². The second kappa shape index (κ2) is 4.73. The number of hydrogen-bond donors (Lipinski definition) is 0. The largest absolute Gasteiger partial charge is 0.353 e. The van der Waals surface area contributed by atoms with E-state index in [1.54, 1.807) is 6.92 Å². The molecule has 1 aliphatic rings. The molecule has 17 heavy (non-hydrogen) atoms. The number of aryl methyl sites for hydroxylation is 2. The monoisotopic (exact) mass is 233 g/mol. The maximum Gasteiger partial charge on any atom is 0.219 e. The quantitative estimate of drug-likeness (QED) is 0.735. The van der Waals surface area contributed by atoms with Gasteiger partial charge in [-0.2, -0.15) is 0 Å². The highest BCUT2D eigenvalue weighted by atomic mass is 16.2. The Morgan fingerprint density at radius 2 is 1.82 bits per heavy atom. The standard InChI is InChI=1S/C13H19N3O/c1-10-4-5-13(14-11(10)2)16-8-6-15(7-9-16)12(3)17/h4-5H,6-9H2,1-3H3. The lowest BCUT2D eigenvalue weighted by Crippen LogP contribution is -2.48. The first kappa shape index (κ1) is 11.9. The van der Waals surface area contributed by atoms with Crippen molar-refractivity contribution >= 4 is 11.7 Å². The molecule has 0 atom stereocenters. The van der Waals surface area contributed by atoms with Crippen molar-refractivity contribution in [2.45, 2.75) is 20.8 Å². The first-order valence-corrected chi connectivity index (χ1v) is 6.02. The molecule has 1 aromatic rings. The second-order valence-corrected chi connectivity index (χ2v) is 4.56. The van der Waals surface area contributed by atoms with Crippen molar-refractivity contribution in [2.24, 2.45) is 0 Å². The van der Waals surface area contributed by atoms with E-state index in [1.807, 2.05) is 11.8 Å². The third-order valence-corrected chi connectivity index (χ3v) is 3.38. The molecule has 4 nitrogen and oxygen atoms in total. The highest BCUT2D eigenvalue weighted by Gasteiger charge is 2.19. The highest BCUT2D eigenvalue weighted by Crippen LogP contribution is 2.16. The average molecular weight is 233 g/mol. The van der Waals surface area contributed by atoms with Gasteiger partial charge >= 0.3 is 0 Å². The summed E-state index contributed by atoms with van der Waals surface area (Å²) in [6, 6.07) is 4.17. The number of carbonyl (C=O) groups is 1. The van der Waals surface area contributed by atoms with Crippen LogP contribution < -0.4 is 4.90 Å². The summed E-state index contributed by atoms with van der Waals surface area (Å²) in [7, 11) is 0. The normalized spacial score (nSPS) is 16.2. The zero-order chi connectivity index (χ0) is 12.4. The minimum Gasteiger partial charge on any atom is -0.353 e. The Morgan fingerprint density at radius 3 is 2.35 bits per heavy atom. The number of rotatable bonds is 1. The molecule has 0 spiro atoms. The molecule has 0 N–H and O–H groups in total. The van der Waals surface area contributed by atoms with Crippen LogP contribution in [0.2, 0.25) is 0 Å². The summed E-state index contributed by atoms with van der Waals surface area (Å²) >= 11 is 0. The fourth-order valence-electron chi connectivity index (χ4n) is 2.04. The summed E-state index contributed by atoms with van der Waals surface area (Å²) in [5.74, 6) is 1.19. The van der Waals surface area contributed by atoms with E-state index in [1.165, 1.54) is 5.56 Å². The first-order chi connectivity index (χ1) is 8.08. The summed E-state index contributed by atoms with van der Waals surface area (Å²) in [5.41, 5.74) is 2.30. The lowest BCUT2D eigenvalue weighted by atomic mass is 10.2. The van der Waals surface area contributed by atoms with Gasteiger partial charge in [-0.05, 0) is 25.5 Å². The Hall–Kier alpha value is -1.58. The van der Waals surface area contributed by atoms with Gasteiger partial charge in [0, 0.05) is 38.8 Å². The van der Waals surface area contributed by atoms with Crippen molar-refractivity contribution in [1.82, 2.24) is 9.88 Å². The SMILES string of the molecule is CC(=O)N1CCN(c2ccc(C)c(C)n2)CC1. The number of hydrogen-bond acceptors (Lipinski definition) is 3. The van der Waals surface area contributed by atoms with Gasteiger partial charge in [-0.25, -0.2) is 4.98 Å². The van der Waals surface area contributed by atoms with Crippen LogP contribution in [0.4, 0.5) is 5.82 Å². The van der Waals surface area contributed by atoms with Crippen molar-refractivity contribution in [2.75, 3.05) is 31.1 Å². The fourth-order valence-corrected chi connectivity index (χ4v) is 2.04. The number of nitrogens with zero attached hydrogens (tertiary/aromatic N) is 3. The highest BCUT2D eigenvalue weighted by molar-refractivity contribution is 5.73. The maximum atomic E-state index is 11.2. The van der Waals surface area contributed by atoms with Crippen LogP contribution >= 0.6 is 0 Å². The van der Waals surface area contributed by atoms with Gasteiger partial charge in [-0.1, -0.05) is 6.07 Å². The van der Waals surface area contributed by atoms with Crippen molar-refractivity contribution in [3.8, 4) is 0 Å². The zero-order valence-corrected chi connectivity index (χ0v) is 10.7. The molecule has 2 rings (SSSR count). The molecule has 1 amide bonds. The second-order valence-electron chi connectivity index (χ2n) is 4.56. The maximum absolute atomic E-state index is 11.2. The molecule has 0 radical (unpaired) electrons. The van der Waals surface area contributed by atoms with Crippen LogP contribution in [0.5, 0.6) is 0 Å². The van der Waals surface area contributed by atoms with Gasteiger partial charge in [0.1, 0.15) is 5.82 Å². The molecule has 0 bridgehead atoms. The molecular formula is C13H19N3O. The van der Waals surface area contributed by atoms with E-state index in [9.17, 15) is 4.79 Å². The van der Waals surface area contributed by atoms with Gasteiger partial charge in [0.05, 0.1) is 0 Å². The minimum atomic E-state index is 0.165. The first-order valence-electron chi connectivity index (χ1n) is 6.02. The van der Waals surface area contributed by atoms with Gasteiger partial charge in [-0.3, -0.25) is 4.79 Å². The zero-order valence-electron chi connectivity index (χ0n) is 10.7. The summed E-state index contributed by atoms with van der Waals surface area (Å²) < 4.78 is 0. The van der Waals surface area contributed by atoms with Crippen LogP contribution in [-0.2, 0) is 4.79 Å². The summed E-state index contributed by atoms with van der Waals surface area (Å²) in [4.78, 5) is 19.9. The van der Waals surface area contributed by atoms with Gasteiger partial charge < -0.3 is 9.80 Å². The molecule has 1 fully saturated rings. The Bertz CT molecular complexity index is 423. The fraction of sp³-hybridized carbons (Fsp3) is 0.538. The smallest absolute Gasteiger partial charge is 0.219 e. The molecule has 1 saturated heterocycles. The van der Waals surface area contributed by atoms with Crippen LogP contribution in [0.3, 0.4) is 0 Å². The third-order valence-electron chi connectivity index (χ3n) is 3.38. The van der Waals surface area contributed by atoms with Crippen LogP contribution in [0.1, 0.15) is 18.2 Å². The van der Waals surface area contributed by atoms with E-state index in [4.69, 9.17) is 0 Å². The summed E-state index contributed by atoms with van der Waals surface area (Å²) in [6.07, 6.45) is 0. The van der Waals surface area contributed by atoms with E-state index < -0.39 is 0 Å². The Kier molecular flexibility index (Phi) is 3.31. The van der Waals surface area contributed by atoms with Gasteiger partial charge in [-0.15, -0.1) is 0 Å². The van der Waals surface area contributed by atoms with Gasteiger partial charge in [0.25, 0.3) is 0 Å². The Balaban J connectivity index is 2.05. The number of piperazine rings is 1. The topological polar surface area (TPSA) is 36.4 Å². The number of carbonyl (C=O) groups excluding carboxylic acids is 1. The van der Waals surface area contributed by atoms with Crippen LogP contribution in [0, 0.1) is 13.8 Å². The van der Waals surface area contributed by atoms with Crippen LogP contribution in [-0.4, -0.2) is 42.0 Å². The van der Waals surface area contributed by atoms with E-state index >= 15 is 0 Å². The molecule has 2 heterocycles. The van der Waals surface area contributed by atoms with Crippen LogP contribution in [0.15, 0.2) is 12.1 Å². The summed E-state index contributed by atoms with van der Waals surface area (Å²) in [6.45, 7) is 9.06. The Labute approximate surface area is 102 Å². The predicted molar refractivity (Wildman–Crippen MR) is 68.2 cm³/mol. The number of pyridine rings is 1. The van der Waals surface area contributed by atoms with E-state index in [0.717, 1.165) is 37.7 Å². The molecule has 92 valence electrons. The van der Waals surface area contributed by atoms with Gasteiger partial charge in [0.2, 0.25) is 5.91 Å². The molecule has 0 saturated carbocycles. The molecule has 0 unspecified atom stereocenters. The summed E-state index contributed by atoms with van der Waals surface area (Å²) in [5, 5.41) is 0. The van der Waals surface area contributed by atoms with Crippen molar-refractivity contribution in [3.63, 3.8) is 0 Å². The molecule has 1 aromatic heterocycles. The van der Waals surface area contributed by atoms with E-state index in [0.29, 0.717) is 0 Å². The third kappa shape index (κ3) is 2.57. The lowest BCUT2D eigenvalue weighted by Gasteiger charge is -2.35. The minimum absolute atomic E-state index is 0.165. The van der Waals surface area contributed by atoms with Crippen LogP contribution in [0.25, 0.3) is 0 Å². The molecule has 0 aliphatic carbocycles. The molecule has 0 aromatic carbocycles. The van der Waals surface area contributed by atoms with Crippen molar-refractivity contribution in [1.29, 1.82) is 0 Å². The van der Waals surface area contributed by atoms with Gasteiger partial charge in [0.15, 0.2) is 0 Å². The molecule has 4 heteroatoms. The van der Waals surface area contributed by atoms with E-state index in [-0.39, 0.29) is 5.91 Å². The molecule has 1 aliphatic heterocycles. The predicted octanol–water partition coefficient (Wildman–Crippen LogP) is 1.37. The number of aromatic nitrogens is 1. The van der Waals surface area contributed by atoms with E-state index in [2.05, 4.69) is 28.9 Å². The average Bonchev–Trinajstić information content (AvgIpc) is 2.33. The Morgan fingerprint density at radius 1 is 1.18 bits per heavy atom.